The second kappa shape index (κ2) is 3.50. The maximum Gasteiger partial charge on any atom is 0.0440 e. The average molecular weight is 272 g/mol. The molecule has 0 unspecified atom stereocenters. The molecule has 0 saturated heterocycles. The van der Waals surface area contributed by atoms with Crippen molar-refractivity contribution in [3.8, 4) is 0 Å². The van der Waals surface area contributed by atoms with Gasteiger partial charge in [-0.1, -0.05) is 48.5 Å². The third kappa shape index (κ3) is 1.17. The predicted octanol–water partition coefficient (Wildman–Crippen LogP) is 6.11. The number of rotatable bonds is 0. The van der Waals surface area contributed by atoms with Crippen LogP contribution in [-0.2, 0) is 0 Å². The zero-order valence-corrected chi connectivity index (χ0v) is 11.9. The minimum absolute atomic E-state index is 1.34. The topological polar surface area (TPSA) is 0 Å². The van der Waals surface area contributed by atoms with Crippen molar-refractivity contribution in [2.45, 2.75) is 6.92 Å². The molecule has 0 radical (unpaired) electrons. The van der Waals surface area contributed by atoms with Gasteiger partial charge in [-0.25, -0.2) is 0 Å². The van der Waals surface area contributed by atoms with Gasteiger partial charge in [0.1, 0.15) is 0 Å². The first kappa shape index (κ1) is 10.6. The molecule has 5 aromatic rings. The molecule has 1 heteroatoms. The van der Waals surface area contributed by atoms with Crippen LogP contribution in [0, 0.1) is 6.92 Å². The van der Waals surface area contributed by atoms with Crippen LogP contribution < -0.4 is 0 Å². The molecule has 4 aromatic carbocycles. The quantitative estimate of drug-likeness (QED) is 0.236. The summed E-state index contributed by atoms with van der Waals surface area (Å²) < 4.78 is 2.88. The highest BCUT2D eigenvalue weighted by Crippen LogP contribution is 2.44. The van der Waals surface area contributed by atoms with Gasteiger partial charge in [0, 0.05) is 20.2 Å². The zero-order chi connectivity index (χ0) is 13.3. The molecule has 0 bridgehead atoms. The average Bonchev–Trinajstić information content (AvgIpc) is 2.89. The minimum Gasteiger partial charge on any atom is -0.134 e. The van der Waals surface area contributed by atoms with E-state index in [2.05, 4.69) is 61.5 Å². The zero-order valence-electron chi connectivity index (χ0n) is 11.1. The first-order chi connectivity index (χ1) is 9.83. The molecular weight excluding hydrogens is 260 g/mol. The molecule has 0 aliphatic heterocycles. The molecule has 0 atom stereocenters. The fourth-order valence-electron chi connectivity index (χ4n) is 3.34. The third-order valence-corrected chi connectivity index (χ3v) is 5.67. The lowest BCUT2D eigenvalue weighted by Crippen LogP contribution is -1.79. The van der Waals surface area contributed by atoms with Crippen LogP contribution >= 0.6 is 11.3 Å². The lowest BCUT2D eigenvalue weighted by Gasteiger charge is -2.05. The lowest BCUT2D eigenvalue weighted by molar-refractivity contribution is 1.57. The van der Waals surface area contributed by atoms with Gasteiger partial charge in [-0.2, -0.15) is 0 Å². The van der Waals surface area contributed by atoms with Gasteiger partial charge in [-0.05, 0) is 40.1 Å². The Labute approximate surface area is 120 Å². The molecule has 1 aromatic heterocycles. The molecule has 0 fully saturated rings. The predicted molar refractivity (Wildman–Crippen MR) is 90.3 cm³/mol. The van der Waals surface area contributed by atoms with E-state index >= 15 is 0 Å². The van der Waals surface area contributed by atoms with Crippen LogP contribution in [0.1, 0.15) is 5.56 Å². The fourth-order valence-corrected chi connectivity index (χ4v) is 4.72. The number of fused-ring (bicyclic) bond motifs is 2. The maximum atomic E-state index is 2.32. The third-order valence-electron chi connectivity index (χ3n) is 4.32. The van der Waals surface area contributed by atoms with Gasteiger partial charge in [0.2, 0.25) is 0 Å². The van der Waals surface area contributed by atoms with Crippen LogP contribution in [-0.4, -0.2) is 0 Å². The highest BCUT2D eigenvalue weighted by molar-refractivity contribution is 7.27. The van der Waals surface area contributed by atoms with E-state index in [1.54, 1.807) is 0 Å². The summed E-state index contributed by atoms with van der Waals surface area (Å²) in [5.41, 5.74) is 1.38. The van der Waals surface area contributed by atoms with E-state index in [1.165, 1.54) is 47.3 Å². The smallest absolute Gasteiger partial charge is 0.0440 e. The molecule has 1 heterocycles. The Kier molecular flexibility index (Phi) is 1.86. The second-order valence-corrected chi connectivity index (χ2v) is 6.52. The van der Waals surface area contributed by atoms with Crippen LogP contribution in [0.25, 0.3) is 41.7 Å². The molecule has 0 saturated carbocycles. The van der Waals surface area contributed by atoms with E-state index in [0.29, 0.717) is 0 Å². The first-order valence-electron chi connectivity index (χ1n) is 6.88. The standard InChI is InChI=1S/C19H12S/c1-11-6-7-12-8-9-14-10-13-4-2-3-5-15(13)19-17(14)16(12)18(11)20-19/h2-10H,1H3. The van der Waals surface area contributed by atoms with Crippen LogP contribution in [0.2, 0.25) is 0 Å². The van der Waals surface area contributed by atoms with Gasteiger partial charge < -0.3 is 0 Å². The summed E-state index contributed by atoms with van der Waals surface area (Å²) >= 11 is 1.95. The van der Waals surface area contributed by atoms with Gasteiger partial charge in [-0.3, -0.25) is 0 Å². The Bertz CT molecular complexity index is 1100. The molecule has 0 aliphatic carbocycles. The molecule has 0 N–H and O–H groups in total. The Morgan fingerprint density at radius 3 is 2.40 bits per heavy atom. The Morgan fingerprint density at radius 1 is 0.700 bits per heavy atom. The van der Waals surface area contributed by atoms with Crippen molar-refractivity contribution in [3.05, 3.63) is 60.2 Å². The highest BCUT2D eigenvalue weighted by Gasteiger charge is 2.14. The normalized spacial score (nSPS) is 12.2. The molecule has 0 aliphatic rings. The van der Waals surface area contributed by atoms with Gasteiger partial charge in [0.25, 0.3) is 0 Å². The van der Waals surface area contributed by atoms with Crippen molar-refractivity contribution in [2.24, 2.45) is 0 Å². The maximum absolute atomic E-state index is 2.32. The van der Waals surface area contributed by atoms with Crippen LogP contribution in [0.15, 0.2) is 54.6 Å². The van der Waals surface area contributed by atoms with E-state index < -0.39 is 0 Å². The van der Waals surface area contributed by atoms with Gasteiger partial charge >= 0.3 is 0 Å². The van der Waals surface area contributed by atoms with E-state index in [1.807, 2.05) is 11.3 Å². The van der Waals surface area contributed by atoms with E-state index in [-0.39, 0.29) is 0 Å². The van der Waals surface area contributed by atoms with Gasteiger partial charge in [0.05, 0.1) is 0 Å². The Morgan fingerprint density at radius 2 is 1.45 bits per heavy atom. The molecule has 5 rings (SSSR count). The molecule has 94 valence electrons. The number of benzene rings is 4. The van der Waals surface area contributed by atoms with Gasteiger partial charge in [-0.15, -0.1) is 11.3 Å². The first-order valence-corrected chi connectivity index (χ1v) is 7.70. The summed E-state index contributed by atoms with van der Waals surface area (Å²) in [7, 11) is 0. The molecule has 0 nitrogen and oxygen atoms in total. The van der Waals surface area contributed by atoms with Crippen molar-refractivity contribution in [2.75, 3.05) is 0 Å². The van der Waals surface area contributed by atoms with E-state index in [4.69, 9.17) is 0 Å². The second-order valence-electron chi connectivity index (χ2n) is 5.50. The SMILES string of the molecule is Cc1ccc2ccc3cc4ccccc4c4sc1c2c34. The fraction of sp³-hybridized carbons (Fsp3) is 0.0526. The van der Waals surface area contributed by atoms with Crippen molar-refractivity contribution >= 4 is 53.1 Å². The van der Waals surface area contributed by atoms with Crippen molar-refractivity contribution < 1.29 is 0 Å². The summed E-state index contributed by atoms with van der Waals surface area (Å²) in [5.74, 6) is 0. The summed E-state index contributed by atoms with van der Waals surface area (Å²) in [6, 6.07) is 20.1. The number of thiophene rings is 1. The minimum atomic E-state index is 1.34. The Hall–Kier alpha value is -2.12. The van der Waals surface area contributed by atoms with Crippen LogP contribution in [0.4, 0.5) is 0 Å². The number of hydrogen-bond donors (Lipinski definition) is 0. The molecule has 0 spiro atoms. The van der Waals surface area contributed by atoms with Crippen molar-refractivity contribution in [1.29, 1.82) is 0 Å². The Balaban J connectivity index is 2.24. The summed E-state index contributed by atoms with van der Waals surface area (Å²) in [6.45, 7) is 2.22. The summed E-state index contributed by atoms with van der Waals surface area (Å²) in [5, 5.41) is 8.35. The molecule has 0 amide bonds. The van der Waals surface area contributed by atoms with Crippen molar-refractivity contribution in [1.82, 2.24) is 0 Å². The van der Waals surface area contributed by atoms with Gasteiger partial charge in [0.15, 0.2) is 0 Å². The summed E-state index contributed by atoms with van der Waals surface area (Å²) in [6.07, 6.45) is 0. The largest absolute Gasteiger partial charge is 0.134 e. The van der Waals surface area contributed by atoms with Crippen LogP contribution in [0.3, 0.4) is 0 Å². The lowest BCUT2D eigenvalue weighted by atomic mass is 9.97. The summed E-state index contributed by atoms with van der Waals surface area (Å²) in [4.78, 5) is 0. The van der Waals surface area contributed by atoms with Crippen LogP contribution in [0.5, 0.6) is 0 Å². The van der Waals surface area contributed by atoms with E-state index in [0.717, 1.165) is 0 Å². The monoisotopic (exact) mass is 272 g/mol. The number of hydrogen-bond acceptors (Lipinski definition) is 1. The molecular formula is C19H12S. The highest BCUT2D eigenvalue weighted by atomic mass is 32.1. The van der Waals surface area contributed by atoms with E-state index in [9.17, 15) is 0 Å². The van der Waals surface area contributed by atoms with Crippen molar-refractivity contribution in [3.63, 3.8) is 0 Å². The number of aryl methyl sites for hydroxylation is 1. The molecule has 20 heavy (non-hydrogen) atoms.